The minimum atomic E-state index is -0.0337. The molecule has 2 aromatic rings. The highest BCUT2D eigenvalue weighted by Gasteiger charge is 2.20. The molecule has 0 saturated carbocycles. The van der Waals surface area contributed by atoms with Crippen molar-refractivity contribution < 1.29 is 4.79 Å². The van der Waals surface area contributed by atoms with Crippen LogP contribution in [0.25, 0.3) is 0 Å². The van der Waals surface area contributed by atoms with Gasteiger partial charge in [-0.25, -0.2) is 0 Å². The van der Waals surface area contributed by atoms with Gasteiger partial charge in [0.15, 0.2) is 5.82 Å². The summed E-state index contributed by atoms with van der Waals surface area (Å²) in [6.45, 7) is 2.05. The Hall–Kier alpha value is -1.62. The number of amides is 1. The number of carbonyl (C=O) groups is 1. The summed E-state index contributed by atoms with van der Waals surface area (Å²) >= 11 is 1.71. The molecule has 3 rings (SSSR count). The van der Waals surface area contributed by atoms with Crippen LogP contribution in [-0.4, -0.2) is 16.1 Å². The largest absolute Gasteiger partial charge is 0.305 e. The van der Waals surface area contributed by atoms with E-state index in [-0.39, 0.29) is 5.91 Å². The number of nitrogens with zero attached hydrogens (tertiary/aromatic N) is 1. The van der Waals surface area contributed by atoms with E-state index >= 15 is 0 Å². The van der Waals surface area contributed by atoms with Crippen molar-refractivity contribution in [2.75, 3.05) is 5.32 Å². The minimum Gasteiger partial charge on any atom is -0.305 e. The van der Waals surface area contributed by atoms with Gasteiger partial charge in [0.05, 0.1) is 5.56 Å². The van der Waals surface area contributed by atoms with E-state index in [1.165, 1.54) is 23.3 Å². The van der Waals surface area contributed by atoms with Crippen molar-refractivity contribution in [2.45, 2.75) is 39.0 Å². The fourth-order valence-corrected chi connectivity index (χ4v) is 3.60. The SMILES string of the molecule is CCc1cc(NC(=O)c2csc3c2CCCC3)n[nH]1. The fourth-order valence-electron chi connectivity index (χ4n) is 2.47. The van der Waals surface area contributed by atoms with Gasteiger partial charge in [-0.2, -0.15) is 5.10 Å². The molecule has 0 unspecified atom stereocenters. The lowest BCUT2D eigenvalue weighted by atomic mass is 9.96. The van der Waals surface area contributed by atoms with Gasteiger partial charge < -0.3 is 5.32 Å². The molecule has 0 saturated heterocycles. The first-order valence-corrected chi connectivity index (χ1v) is 7.60. The molecule has 0 radical (unpaired) electrons. The smallest absolute Gasteiger partial charge is 0.257 e. The van der Waals surface area contributed by atoms with Crippen molar-refractivity contribution in [3.63, 3.8) is 0 Å². The van der Waals surface area contributed by atoms with Gasteiger partial charge in [-0.15, -0.1) is 11.3 Å². The normalized spacial score (nSPS) is 14.2. The Kier molecular flexibility index (Phi) is 3.38. The highest BCUT2D eigenvalue weighted by atomic mass is 32.1. The Morgan fingerprint density at radius 3 is 3.11 bits per heavy atom. The Morgan fingerprint density at radius 2 is 2.32 bits per heavy atom. The lowest BCUT2D eigenvalue weighted by Crippen LogP contribution is -2.14. The van der Waals surface area contributed by atoms with Crippen molar-refractivity contribution in [2.24, 2.45) is 0 Å². The quantitative estimate of drug-likeness (QED) is 0.904. The van der Waals surface area contributed by atoms with Crippen molar-refractivity contribution in [3.05, 3.63) is 33.1 Å². The van der Waals surface area contributed by atoms with Crippen LogP contribution in [0.3, 0.4) is 0 Å². The lowest BCUT2D eigenvalue weighted by molar-refractivity contribution is 0.102. The zero-order chi connectivity index (χ0) is 13.2. The molecule has 5 heteroatoms. The fraction of sp³-hybridized carbons (Fsp3) is 0.429. The second-order valence-electron chi connectivity index (χ2n) is 4.84. The summed E-state index contributed by atoms with van der Waals surface area (Å²) in [5, 5.41) is 11.9. The molecule has 0 atom stereocenters. The van der Waals surface area contributed by atoms with Gasteiger partial charge in [0.1, 0.15) is 0 Å². The van der Waals surface area contributed by atoms with E-state index in [0.29, 0.717) is 5.82 Å². The summed E-state index contributed by atoms with van der Waals surface area (Å²) in [5.41, 5.74) is 3.11. The molecule has 0 fully saturated rings. The maximum absolute atomic E-state index is 12.3. The molecule has 2 heterocycles. The molecule has 0 bridgehead atoms. The number of fused-ring (bicyclic) bond motifs is 1. The number of hydrogen-bond donors (Lipinski definition) is 2. The van der Waals surface area contributed by atoms with Crippen LogP contribution in [-0.2, 0) is 19.3 Å². The van der Waals surface area contributed by atoms with E-state index in [1.54, 1.807) is 11.3 Å². The monoisotopic (exact) mass is 275 g/mol. The Labute approximate surface area is 116 Å². The van der Waals surface area contributed by atoms with Crippen LogP contribution in [0, 0.1) is 0 Å². The first-order chi connectivity index (χ1) is 9.28. The number of anilines is 1. The maximum Gasteiger partial charge on any atom is 0.257 e. The van der Waals surface area contributed by atoms with E-state index in [9.17, 15) is 4.79 Å². The van der Waals surface area contributed by atoms with Crippen LogP contribution >= 0.6 is 11.3 Å². The third-order valence-electron chi connectivity index (χ3n) is 3.56. The molecule has 100 valence electrons. The molecule has 2 aromatic heterocycles. The summed E-state index contributed by atoms with van der Waals surface area (Å²) in [7, 11) is 0. The molecule has 1 amide bonds. The Balaban J connectivity index is 1.78. The molecule has 0 aliphatic heterocycles. The van der Waals surface area contributed by atoms with Crippen molar-refractivity contribution in [1.29, 1.82) is 0 Å². The van der Waals surface area contributed by atoms with Gasteiger partial charge in [-0.3, -0.25) is 9.89 Å². The summed E-state index contributed by atoms with van der Waals surface area (Å²) in [6, 6.07) is 1.89. The average Bonchev–Trinajstić information content (AvgIpc) is 3.04. The van der Waals surface area contributed by atoms with Crippen LogP contribution in [0.4, 0.5) is 5.82 Å². The van der Waals surface area contributed by atoms with E-state index < -0.39 is 0 Å². The van der Waals surface area contributed by atoms with Crippen LogP contribution in [0.5, 0.6) is 0 Å². The summed E-state index contributed by atoms with van der Waals surface area (Å²) in [4.78, 5) is 13.7. The standard InChI is InChI=1S/C14H17N3OS/c1-2-9-7-13(17-16-9)15-14(18)11-8-19-12-6-4-3-5-10(11)12/h7-8H,2-6H2,1H3,(H2,15,16,17,18). The third kappa shape index (κ3) is 2.42. The predicted octanol–water partition coefficient (Wildman–Crippen LogP) is 3.16. The lowest BCUT2D eigenvalue weighted by Gasteiger charge is -2.12. The number of aromatic amines is 1. The van der Waals surface area contributed by atoms with E-state index in [1.807, 2.05) is 18.4 Å². The molecule has 4 nitrogen and oxygen atoms in total. The summed E-state index contributed by atoms with van der Waals surface area (Å²) in [5.74, 6) is 0.575. The molecule has 0 spiro atoms. The second kappa shape index (κ2) is 5.17. The van der Waals surface area contributed by atoms with Crippen molar-refractivity contribution in [1.82, 2.24) is 10.2 Å². The number of carbonyl (C=O) groups excluding carboxylic acids is 1. The van der Waals surface area contributed by atoms with Gasteiger partial charge in [-0.1, -0.05) is 6.92 Å². The molecule has 19 heavy (non-hydrogen) atoms. The van der Waals surface area contributed by atoms with Crippen LogP contribution in [0.15, 0.2) is 11.4 Å². The Bertz CT molecular complexity index is 600. The predicted molar refractivity (Wildman–Crippen MR) is 76.9 cm³/mol. The van der Waals surface area contributed by atoms with Gasteiger partial charge in [-0.05, 0) is 37.7 Å². The first kappa shape index (κ1) is 12.4. The molecular formula is C14H17N3OS. The Morgan fingerprint density at radius 1 is 1.47 bits per heavy atom. The zero-order valence-electron chi connectivity index (χ0n) is 11.0. The van der Waals surface area contributed by atoms with Gasteiger partial charge in [0, 0.05) is 22.0 Å². The average molecular weight is 275 g/mol. The van der Waals surface area contributed by atoms with E-state index in [4.69, 9.17) is 0 Å². The van der Waals surface area contributed by atoms with Crippen molar-refractivity contribution >= 4 is 23.1 Å². The molecule has 2 N–H and O–H groups in total. The van der Waals surface area contributed by atoms with Gasteiger partial charge >= 0.3 is 0 Å². The minimum absolute atomic E-state index is 0.0337. The molecular weight excluding hydrogens is 258 g/mol. The third-order valence-corrected chi connectivity index (χ3v) is 4.65. The highest BCUT2D eigenvalue weighted by Crippen LogP contribution is 2.30. The molecule has 1 aliphatic rings. The molecule has 0 aromatic carbocycles. The first-order valence-electron chi connectivity index (χ1n) is 6.72. The number of aromatic nitrogens is 2. The second-order valence-corrected chi connectivity index (χ2v) is 5.81. The highest BCUT2D eigenvalue weighted by molar-refractivity contribution is 7.10. The molecule has 1 aliphatic carbocycles. The van der Waals surface area contributed by atoms with Crippen LogP contribution in [0.2, 0.25) is 0 Å². The topological polar surface area (TPSA) is 57.8 Å². The van der Waals surface area contributed by atoms with E-state index in [2.05, 4.69) is 15.5 Å². The van der Waals surface area contributed by atoms with Crippen LogP contribution in [0.1, 0.15) is 46.3 Å². The number of H-pyrrole nitrogens is 1. The number of aryl methyl sites for hydroxylation is 2. The number of rotatable bonds is 3. The summed E-state index contributed by atoms with van der Waals surface area (Å²) in [6.07, 6.45) is 5.47. The van der Waals surface area contributed by atoms with Crippen molar-refractivity contribution in [3.8, 4) is 0 Å². The maximum atomic E-state index is 12.3. The van der Waals surface area contributed by atoms with Crippen LogP contribution < -0.4 is 5.32 Å². The number of hydrogen-bond acceptors (Lipinski definition) is 3. The number of nitrogens with one attached hydrogen (secondary N) is 2. The van der Waals surface area contributed by atoms with Gasteiger partial charge in [0.2, 0.25) is 0 Å². The van der Waals surface area contributed by atoms with E-state index in [0.717, 1.165) is 30.5 Å². The number of thiophene rings is 1. The zero-order valence-corrected chi connectivity index (χ0v) is 11.8. The summed E-state index contributed by atoms with van der Waals surface area (Å²) < 4.78 is 0. The van der Waals surface area contributed by atoms with Gasteiger partial charge in [0.25, 0.3) is 5.91 Å².